The highest BCUT2D eigenvalue weighted by atomic mass is 35.5. The number of aromatic nitrogens is 1. The number of carbonyl (C=O) groups is 1. The quantitative estimate of drug-likeness (QED) is 0.236. The molecule has 4 aromatic rings. The number of hydrogen-bond acceptors (Lipinski definition) is 6. The molecule has 0 unspecified atom stereocenters. The molecular formula is C31H25Cl2FN2O4S. The molecule has 5 rings (SSSR count). The Morgan fingerprint density at radius 2 is 1.85 bits per heavy atom. The number of carbonyl (C=O) groups excluding carboxylic acids is 1. The molecule has 0 bridgehead atoms. The predicted molar refractivity (Wildman–Crippen MR) is 159 cm³/mol. The van der Waals surface area contributed by atoms with Crippen molar-refractivity contribution in [2.24, 2.45) is 4.99 Å². The first-order chi connectivity index (χ1) is 19.7. The van der Waals surface area contributed by atoms with Crippen LogP contribution in [-0.2, 0) is 16.1 Å². The highest BCUT2D eigenvalue weighted by Gasteiger charge is 2.33. The Kier molecular flexibility index (Phi) is 8.45. The van der Waals surface area contributed by atoms with Crippen LogP contribution in [0.5, 0.6) is 5.75 Å². The number of aryl methyl sites for hydroxylation is 1. The maximum atomic E-state index is 14.2. The van der Waals surface area contributed by atoms with Gasteiger partial charge in [0.15, 0.2) is 4.80 Å². The largest absolute Gasteiger partial charge is 0.487 e. The maximum absolute atomic E-state index is 14.2. The van der Waals surface area contributed by atoms with Gasteiger partial charge in [-0.15, -0.1) is 0 Å². The molecule has 3 aromatic carbocycles. The second-order valence-corrected chi connectivity index (χ2v) is 11.3. The van der Waals surface area contributed by atoms with E-state index in [0.717, 1.165) is 11.1 Å². The number of allylic oxidation sites excluding steroid dienone is 1. The number of fused-ring (bicyclic) bond motifs is 1. The van der Waals surface area contributed by atoms with Crippen LogP contribution in [0.15, 0.2) is 81.7 Å². The molecule has 0 amide bonds. The number of benzene rings is 3. The number of rotatable bonds is 7. The van der Waals surface area contributed by atoms with E-state index in [4.69, 9.17) is 32.7 Å². The number of thiazole rings is 1. The Morgan fingerprint density at radius 1 is 1.12 bits per heavy atom. The number of nitrogens with zero attached hydrogens (tertiary/aromatic N) is 2. The summed E-state index contributed by atoms with van der Waals surface area (Å²) in [6.45, 7) is 5.53. The van der Waals surface area contributed by atoms with E-state index in [2.05, 4.69) is 4.99 Å². The molecule has 2 heterocycles. The van der Waals surface area contributed by atoms with Gasteiger partial charge in [-0.2, -0.15) is 0 Å². The van der Waals surface area contributed by atoms with Crippen molar-refractivity contribution in [2.75, 3.05) is 6.61 Å². The molecule has 0 saturated heterocycles. The molecule has 1 aromatic heterocycles. The minimum absolute atomic E-state index is 0.0777. The molecule has 1 aliphatic rings. The third-order valence-electron chi connectivity index (χ3n) is 6.56. The minimum Gasteiger partial charge on any atom is -0.487 e. The molecule has 1 atom stereocenters. The Morgan fingerprint density at radius 3 is 2.56 bits per heavy atom. The standard InChI is InChI=1S/C31H25Cl2FN2O4S/c1-4-39-30(38)26-18(3)35-31-36(27(26)19-11-9-17(2)10-12-19)29(37)25(41-31)14-21-13-22(32)15-23(33)28(21)40-16-20-7-5-6-8-24(20)34/h5-15,27H,4,16H2,1-3H3/b25-14-/t27-/m1/s1. The van der Waals surface area contributed by atoms with Crippen molar-refractivity contribution in [1.29, 1.82) is 0 Å². The number of esters is 1. The highest BCUT2D eigenvalue weighted by Crippen LogP contribution is 2.34. The monoisotopic (exact) mass is 610 g/mol. The van der Waals surface area contributed by atoms with Crippen LogP contribution in [0.25, 0.3) is 6.08 Å². The first kappa shape index (κ1) is 28.8. The van der Waals surface area contributed by atoms with Crippen LogP contribution in [0.2, 0.25) is 10.0 Å². The van der Waals surface area contributed by atoms with Crippen molar-refractivity contribution >= 4 is 46.6 Å². The van der Waals surface area contributed by atoms with Crippen LogP contribution in [0.3, 0.4) is 0 Å². The second kappa shape index (κ2) is 12.0. The van der Waals surface area contributed by atoms with Crippen molar-refractivity contribution in [3.8, 4) is 5.75 Å². The predicted octanol–water partition coefficient (Wildman–Crippen LogP) is 6.13. The third kappa shape index (κ3) is 5.86. The molecule has 1 aliphatic heterocycles. The van der Waals surface area contributed by atoms with E-state index in [1.54, 1.807) is 44.2 Å². The lowest BCUT2D eigenvalue weighted by Crippen LogP contribution is -2.39. The van der Waals surface area contributed by atoms with E-state index in [1.807, 2.05) is 31.2 Å². The van der Waals surface area contributed by atoms with Gasteiger partial charge in [-0.05, 0) is 50.6 Å². The van der Waals surface area contributed by atoms with Crippen LogP contribution < -0.4 is 19.6 Å². The van der Waals surface area contributed by atoms with Crippen LogP contribution in [0, 0.1) is 12.7 Å². The van der Waals surface area contributed by atoms with Gasteiger partial charge in [0, 0.05) is 16.1 Å². The summed E-state index contributed by atoms with van der Waals surface area (Å²) in [5.41, 5.74) is 3.00. The fourth-order valence-corrected chi connectivity index (χ4v) is 6.20. The van der Waals surface area contributed by atoms with Crippen LogP contribution in [0.1, 0.15) is 42.1 Å². The molecule has 0 radical (unpaired) electrons. The van der Waals surface area contributed by atoms with Gasteiger partial charge >= 0.3 is 5.97 Å². The summed E-state index contributed by atoms with van der Waals surface area (Å²) in [5, 5.41) is 0.552. The topological polar surface area (TPSA) is 69.9 Å². The van der Waals surface area contributed by atoms with E-state index in [1.165, 1.54) is 28.0 Å². The summed E-state index contributed by atoms with van der Waals surface area (Å²) < 4.78 is 27.3. The van der Waals surface area contributed by atoms with Gasteiger partial charge in [0.1, 0.15) is 18.2 Å². The average Bonchev–Trinajstić information content (AvgIpc) is 3.23. The smallest absolute Gasteiger partial charge is 0.338 e. The van der Waals surface area contributed by atoms with Crippen LogP contribution in [-0.4, -0.2) is 17.1 Å². The van der Waals surface area contributed by atoms with Gasteiger partial charge in [0.05, 0.1) is 33.5 Å². The zero-order valence-corrected chi connectivity index (χ0v) is 24.7. The molecule has 41 heavy (non-hydrogen) atoms. The zero-order valence-electron chi connectivity index (χ0n) is 22.4. The third-order valence-corrected chi connectivity index (χ3v) is 8.05. The van der Waals surface area contributed by atoms with E-state index in [0.29, 0.717) is 36.8 Å². The van der Waals surface area contributed by atoms with Gasteiger partial charge in [0.25, 0.3) is 5.56 Å². The molecule has 6 nitrogen and oxygen atoms in total. The molecule has 10 heteroatoms. The second-order valence-electron chi connectivity index (χ2n) is 9.40. The van der Waals surface area contributed by atoms with E-state index in [9.17, 15) is 14.0 Å². The van der Waals surface area contributed by atoms with Crippen molar-refractivity contribution in [3.05, 3.63) is 130 Å². The summed E-state index contributed by atoms with van der Waals surface area (Å²) in [6, 6.07) is 16.3. The van der Waals surface area contributed by atoms with Crippen LogP contribution in [0.4, 0.5) is 4.39 Å². The molecule has 0 aliphatic carbocycles. The molecular weight excluding hydrogens is 586 g/mol. The Hall–Kier alpha value is -3.72. The van der Waals surface area contributed by atoms with Gasteiger partial charge in [-0.1, -0.05) is 82.6 Å². The molecule has 0 fully saturated rings. The number of halogens is 3. The molecule has 0 spiro atoms. The first-order valence-corrected chi connectivity index (χ1v) is 14.4. The van der Waals surface area contributed by atoms with Crippen molar-refractivity contribution in [1.82, 2.24) is 4.57 Å². The van der Waals surface area contributed by atoms with Gasteiger partial charge in [0.2, 0.25) is 0 Å². The molecule has 0 saturated carbocycles. The highest BCUT2D eigenvalue weighted by molar-refractivity contribution is 7.07. The Labute approximate surface area is 249 Å². The lowest BCUT2D eigenvalue weighted by molar-refractivity contribution is -0.139. The van der Waals surface area contributed by atoms with Gasteiger partial charge in [-0.3, -0.25) is 9.36 Å². The maximum Gasteiger partial charge on any atom is 0.338 e. The van der Waals surface area contributed by atoms with Gasteiger partial charge in [-0.25, -0.2) is 14.2 Å². The van der Waals surface area contributed by atoms with Crippen molar-refractivity contribution in [2.45, 2.75) is 33.4 Å². The minimum atomic E-state index is -0.729. The van der Waals surface area contributed by atoms with Crippen LogP contribution >= 0.6 is 34.5 Å². The fourth-order valence-electron chi connectivity index (χ4n) is 4.60. The summed E-state index contributed by atoms with van der Waals surface area (Å²) >= 11 is 14.0. The summed E-state index contributed by atoms with van der Waals surface area (Å²) in [7, 11) is 0. The van der Waals surface area contributed by atoms with Gasteiger partial charge < -0.3 is 9.47 Å². The Balaban J connectivity index is 1.65. The SMILES string of the molecule is CCOC(=O)C1=C(C)N=c2s/c(=C\c3cc(Cl)cc(Cl)c3OCc3ccccc3F)c(=O)n2[C@@H]1c1ccc(C)cc1. The molecule has 210 valence electrons. The number of ether oxygens (including phenoxy) is 2. The van der Waals surface area contributed by atoms with E-state index in [-0.39, 0.29) is 29.5 Å². The normalized spacial score (nSPS) is 15.0. The Bertz CT molecular complexity index is 1860. The number of hydrogen-bond donors (Lipinski definition) is 0. The van der Waals surface area contributed by atoms with E-state index >= 15 is 0 Å². The lowest BCUT2D eigenvalue weighted by atomic mass is 9.95. The lowest BCUT2D eigenvalue weighted by Gasteiger charge is -2.24. The summed E-state index contributed by atoms with van der Waals surface area (Å²) in [6.07, 6.45) is 1.62. The summed E-state index contributed by atoms with van der Waals surface area (Å²) in [5.74, 6) is -0.681. The van der Waals surface area contributed by atoms with E-state index < -0.39 is 17.8 Å². The van der Waals surface area contributed by atoms with Crippen molar-refractivity contribution < 1.29 is 18.7 Å². The summed E-state index contributed by atoms with van der Waals surface area (Å²) in [4.78, 5) is 32.1. The average molecular weight is 612 g/mol. The van der Waals surface area contributed by atoms with Crippen molar-refractivity contribution in [3.63, 3.8) is 0 Å². The molecule has 0 N–H and O–H groups in total. The fraction of sp³-hybridized carbons (Fsp3) is 0.194. The zero-order chi connectivity index (χ0) is 29.3. The first-order valence-electron chi connectivity index (χ1n) is 12.8.